The first-order chi connectivity index (χ1) is 12.3. The van der Waals surface area contributed by atoms with Gasteiger partial charge in [-0.25, -0.2) is 0 Å². The molecule has 2 saturated heterocycles. The van der Waals surface area contributed by atoms with Crippen molar-refractivity contribution in [3.63, 3.8) is 0 Å². The third-order valence-electron chi connectivity index (χ3n) is 6.36. The molecule has 2 fully saturated rings. The van der Waals surface area contributed by atoms with Crippen molar-refractivity contribution in [2.75, 3.05) is 46.8 Å². The van der Waals surface area contributed by atoms with Gasteiger partial charge in [-0.05, 0) is 50.6 Å². The highest BCUT2D eigenvalue weighted by molar-refractivity contribution is 6.30. The number of halogens is 1. The lowest BCUT2D eigenvalue weighted by Crippen LogP contribution is -2.64. The van der Waals surface area contributed by atoms with Gasteiger partial charge in [0.05, 0.1) is 5.92 Å². The fourth-order valence-corrected chi connectivity index (χ4v) is 4.75. The largest absolute Gasteiger partial charge is 0.342 e. The Balaban J connectivity index is 1.71. The van der Waals surface area contributed by atoms with Crippen LogP contribution in [0.3, 0.4) is 0 Å². The zero-order valence-corrected chi connectivity index (χ0v) is 17.3. The van der Waals surface area contributed by atoms with Crippen LogP contribution >= 0.6 is 11.6 Å². The van der Waals surface area contributed by atoms with Gasteiger partial charge in [0.1, 0.15) is 0 Å². The van der Waals surface area contributed by atoms with Gasteiger partial charge in [0.25, 0.3) is 0 Å². The number of piperidine rings is 1. The molecule has 0 N–H and O–H groups in total. The maximum atomic E-state index is 13.3. The maximum absolute atomic E-state index is 13.3. The number of benzene rings is 1. The third kappa shape index (κ3) is 3.92. The van der Waals surface area contributed by atoms with Gasteiger partial charge in [0, 0.05) is 43.3 Å². The number of nitrogens with zero attached hydrogens (tertiary/aromatic N) is 3. The third-order valence-corrected chi connectivity index (χ3v) is 6.61. The molecule has 0 aliphatic carbocycles. The average molecular weight is 378 g/mol. The molecule has 4 nitrogen and oxygen atoms in total. The molecule has 144 valence electrons. The Bertz CT molecular complexity index is 623. The molecule has 1 atom stereocenters. The van der Waals surface area contributed by atoms with Crippen molar-refractivity contribution in [1.29, 1.82) is 0 Å². The number of likely N-dealkylation sites (tertiary alicyclic amines) is 1. The van der Waals surface area contributed by atoms with Crippen LogP contribution in [0.4, 0.5) is 0 Å². The van der Waals surface area contributed by atoms with Crippen LogP contribution in [0, 0.1) is 5.92 Å². The minimum atomic E-state index is -0.0897. The SMILES string of the molecule is CC(C)C(C(=O)N1CCC2(CC1)CN(C)CCN2C)c1ccc(Cl)cc1. The van der Waals surface area contributed by atoms with E-state index in [1.807, 2.05) is 24.3 Å². The van der Waals surface area contributed by atoms with Crippen molar-refractivity contribution in [3.05, 3.63) is 34.9 Å². The van der Waals surface area contributed by atoms with Crippen molar-refractivity contribution in [2.24, 2.45) is 5.92 Å². The van der Waals surface area contributed by atoms with Gasteiger partial charge < -0.3 is 9.80 Å². The molecule has 1 spiro atoms. The van der Waals surface area contributed by atoms with Crippen LogP contribution in [0.25, 0.3) is 0 Å². The number of likely N-dealkylation sites (N-methyl/N-ethyl adjacent to an activating group) is 2. The molecule has 0 radical (unpaired) electrons. The van der Waals surface area contributed by atoms with Gasteiger partial charge in [-0.3, -0.25) is 9.69 Å². The Labute approximate surface area is 163 Å². The van der Waals surface area contributed by atoms with Crippen LogP contribution in [0.1, 0.15) is 38.2 Å². The van der Waals surface area contributed by atoms with E-state index in [9.17, 15) is 4.79 Å². The van der Waals surface area contributed by atoms with E-state index in [1.165, 1.54) is 0 Å². The molecular formula is C21H32ClN3O. The zero-order valence-electron chi connectivity index (χ0n) is 16.5. The molecule has 3 rings (SSSR count). The number of carbonyl (C=O) groups is 1. The normalized spacial score (nSPS) is 22.8. The Morgan fingerprint density at radius 1 is 1.04 bits per heavy atom. The highest BCUT2D eigenvalue weighted by Crippen LogP contribution is 2.34. The lowest BCUT2D eigenvalue weighted by Gasteiger charge is -2.52. The minimum absolute atomic E-state index is 0.0897. The predicted octanol–water partition coefficient (Wildman–Crippen LogP) is 3.32. The fourth-order valence-electron chi connectivity index (χ4n) is 4.62. The van der Waals surface area contributed by atoms with E-state index < -0.39 is 0 Å². The number of piperazine rings is 1. The summed E-state index contributed by atoms with van der Waals surface area (Å²) in [5.74, 6) is 0.445. The summed E-state index contributed by atoms with van der Waals surface area (Å²) in [7, 11) is 4.46. The number of amides is 1. The molecule has 1 amide bonds. The first kappa shape index (κ1) is 19.7. The van der Waals surface area contributed by atoms with E-state index in [4.69, 9.17) is 11.6 Å². The fraction of sp³-hybridized carbons (Fsp3) is 0.667. The summed E-state index contributed by atoms with van der Waals surface area (Å²) in [6.07, 6.45) is 2.12. The highest BCUT2D eigenvalue weighted by Gasteiger charge is 2.43. The molecule has 2 aliphatic heterocycles. The van der Waals surface area contributed by atoms with Crippen LogP contribution in [0.5, 0.6) is 0 Å². The topological polar surface area (TPSA) is 26.8 Å². The van der Waals surface area contributed by atoms with E-state index >= 15 is 0 Å². The van der Waals surface area contributed by atoms with Gasteiger partial charge in [-0.1, -0.05) is 37.6 Å². The molecule has 0 aromatic heterocycles. The Morgan fingerprint density at radius 3 is 2.23 bits per heavy atom. The average Bonchev–Trinajstić information content (AvgIpc) is 2.61. The van der Waals surface area contributed by atoms with Crippen LogP contribution in [-0.4, -0.2) is 73.0 Å². The molecule has 26 heavy (non-hydrogen) atoms. The summed E-state index contributed by atoms with van der Waals surface area (Å²) in [6.45, 7) is 9.33. The molecule has 2 aliphatic rings. The van der Waals surface area contributed by atoms with Gasteiger partial charge in [-0.2, -0.15) is 0 Å². The summed E-state index contributed by atoms with van der Waals surface area (Å²) in [5.41, 5.74) is 1.31. The van der Waals surface area contributed by atoms with E-state index in [0.29, 0.717) is 5.02 Å². The van der Waals surface area contributed by atoms with E-state index in [-0.39, 0.29) is 23.3 Å². The molecule has 0 bridgehead atoms. The maximum Gasteiger partial charge on any atom is 0.230 e. The number of hydrogen-bond acceptors (Lipinski definition) is 3. The predicted molar refractivity (Wildman–Crippen MR) is 108 cm³/mol. The second kappa shape index (κ2) is 7.87. The molecule has 1 unspecified atom stereocenters. The molecular weight excluding hydrogens is 346 g/mol. The van der Waals surface area contributed by atoms with Gasteiger partial charge in [-0.15, -0.1) is 0 Å². The summed E-state index contributed by atoms with van der Waals surface area (Å²) >= 11 is 6.03. The summed E-state index contributed by atoms with van der Waals surface area (Å²) in [6, 6.07) is 7.77. The van der Waals surface area contributed by atoms with Crippen molar-refractivity contribution in [2.45, 2.75) is 38.1 Å². The first-order valence-corrected chi connectivity index (χ1v) is 10.1. The zero-order chi connectivity index (χ0) is 18.9. The van der Waals surface area contributed by atoms with Crippen LogP contribution in [0.15, 0.2) is 24.3 Å². The molecule has 5 heteroatoms. The van der Waals surface area contributed by atoms with Crippen LogP contribution in [-0.2, 0) is 4.79 Å². The molecule has 1 aromatic carbocycles. The smallest absolute Gasteiger partial charge is 0.230 e. The lowest BCUT2D eigenvalue weighted by molar-refractivity contribution is -0.137. The molecule has 2 heterocycles. The number of hydrogen-bond donors (Lipinski definition) is 0. The molecule has 0 saturated carbocycles. The standard InChI is InChI=1S/C21H32ClN3O/c1-16(2)19(17-5-7-18(22)8-6-17)20(26)25-11-9-21(10-12-25)15-23(3)13-14-24(21)4/h5-8,16,19H,9-15H2,1-4H3. The Kier molecular flexibility index (Phi) is 5.95. The first-order valence-electron chi connectivity index (χ1n) is 9.76. The van der Waals surface area contributed by atoms with Crippen molar-refractivity contribution in [1.82, 2.24) is 14.7 Å². The van der Waals surface area contributed by atoms with Crippen molar-refractivity contribution in [3.8, 4) is 0 Å². The number of carbonyl (C=O) groups excluding carboxylic acids is 1. The van der Waals surface area contributed by atoms with E-state index in [2.05, 4.69) is 42.6 Å². The number of rotatable bonds is 3. The van der Waals surface area contributed by atoms with Crippen molar-refractivity contribution >= 4 is 17.5 Å². The summed E-state index contributed by atoms with van der Waals surface area (Å²) < 4.78 is 0. The Hall–Kier alpha value is -1.10. The summed E-state index contributed by atoms with van der Waals surface area (Å²) in [5, 5.41) is 0.716. The molecule has 1 aromatic rings. The quantitative estimate of drug-likeness (QED) is 0.808. The Morgan fingerprint density at radius 2 is 1.65 bits per heavy atom. The van der Waals surface area contributed by atoms with Crippen LogP contribution in [0.2, 0.25) is 5.02 Å². The van der Waals surface area contributed by atoms with E-state index in [1.54, 1.807) is 0 Å². The van der Waals surface area contributed by atoms with Gasteiger partial charge in [0.15, 0.2) is 0 Å². The lowest BCUT2D eigenvalue weighted by atomic mass is 9.82. The van der Waals surface area contributed by atoms with Gasteiger partial charge in [0.2, 0.25) is 5.91 Å². The van der Waals surface area contributed by atoms with Crippen LogP contribution < -0.4 is 0 Å². The summed E-state index contributed by atoms with van der Waals surface area (Å²) in [4.78, 5) is 20.4. The second-order valence-corrected chi connectivity index (χ2v) is 8.92. The van der Waals surface area contributed by atoms with E-state index in [0.717, 1.165) is 51.1 Å². The minimum Gasteiger partial charge on any atom is -0.342 e. The second-order valence-electron chi connectivity index (χ2n) is 8.48. The van der Waals surface area contributed by atoms with Crippen molar-refractivity contribution < 1.29 is 4.79 Å². The highest BCUT2D eigenvalue weighted by atomic mass is 35.5. The van der Waals surface area contributed by atoms with Gasteiger partial charge >= 0.3 is 0 Å². The monoisotopic (exact) mass is 377 g/mol.